The summed E-state index contributed by atoms with van der Waals surface area (Å²) >= 11 is 0. The van der Waals surface area contributed by atoms with Gasteiger partial charge in [-0.1, -0.05) is 0 Å². The number of nitrogens with two attached hydrogens (primary N) is 1. The zero-order valence-corrected chi connectivity index (χ0v) is 14.0. The number of primary amides is 1. The predicted molar refractivity (Wildman–Crippen MR) is 91.7 cm³/mol. The van der Waals surface area contributed by atoms with Crippen molar-refractivity contribution >= 4 is 11.7 Å². The molecule has 2 N–H and O–H groups in total. The van der Waals surface area contributed by atoms with E-state index in [1.54, 1.807) is 26.6 Å². The van der Waals surface area contributed by atoms with Crippen LogP contribution in [0.15, 0.2) is 41.8 Å². The lowest BCUT2D eigenvalue weighted by atomic mass is 9.91. The zero-order valence-electron chi connectivity index (χ0n) is 14.0. The van der Waals surface area contributed by atoms with E-state index in [1.165, 1.54) is 5.01 Å². The van der Waals surface area contributed by atoms with Gasteiger partial charge in [0.05, 0.1) is 26.0 Å². The molecule has 25 heavy (non-hydrogen) atoms. The number of hydrogen-bond donors (Lipinski definition) is 1. The Labute approximate surface area is 145 Å². The molecule has 0 saturated heterocycles. The summed E-state index contributed by atoms with van der Waals surface area (Å²) < 4.78 is 10.8. The molecule has 0 bridgehead atoms. The molecule has 1 aromatic carbocycles. The number of benzene rings is 1. The lowest BCUT2D eigenvalue weighted by Crippen LogP contribution is -2.34. The average molecular weight is 338 g/mol. The molecule has 0 spiro atoms. The topological polar surface area (TPSA) is 90.0 Å². The van der Waals surface area contributed by atoms with Gasteiger partial charge in [-0.2, -0.15) is 5.10 Å². The number of aromatic nitrogens is 1. The van der Waals surface area contributed by atoms with E-state index >= 15 is 0 Å². The van der Waals surface area contributed by atoms with E-state index in [2.05, 4.69) is 10.1 Å². The average Bonchev–Trinajstić information content (AvgIpc) is 3.16. The third-order valence-electron chi connectivity index (χ3n) is 4.81. The number of hydrogen-bond acceptors (Lipinski definition) is 5. The third-order valence-corrected chi connectivity index (χ3v) is 4.81. The first-order valence-corrected chi connectivity index (χ1v) is 7.96. The van der Waals surface area contributed by atoms with Gasteiger partial charge in [-0.3, -0.25) is 4.98 Å². The number of methoxy groups -OCH3 is 2. The van der Waals surface area contributed by atoms with Crippen LogP contribution < -0.4 is 15.2 Å². The van der Waals surface area contributed by atoms with Gasteiger partial charge in [0.25, 0.3) is 0 Å². The minimum atomic E-state index is -0.564. The van der Waals surface area contributed by atoms with Crippen LogP contribution in [0.2, 0.25) is 0 Å². The lowest BCUT2D eigenvalue weighted by molar-refractivity contribution is 0.185. The van der Waals surface area contributed by atoms with Gasteiger partial charge in [0, 0.05) is 23.9 Å². The first-order valence-electron chi connectivity index (χ1n) is 7.96. The van der Waals surface area contributed by atoms with Crippen molar-refractivity contribution in [3.05, 3.63) is 53.3 Å². The molecule has 0 fully saturated rings. The van der Waals surface area contributed by atoms with Gasteiger partial charge in [-0.05, 0) is 41.8 Å². The molecule has 128 valence electrons. The van der Waals surface area contributed by atoms with Gasteiger partial charge >= 0.3 is 6.03 Å². The second-order valence-corrected chi connectivity index (χ2v) is 6.07. The molecule has 2 heterocycles. The second-order valence-electron chi connectivity index (χ2n) is 6.07. The summed E-state index contributed by atoms with van der Waals surface area (Å²) in [6.07, 6.45) is 4.17. The lowest BCUT2D eigenvalue weighted by Gasteiger charge is -2.24. The maximum absolute atomic E-state index is 11.9. The normalized spacial score (nSPS) is 20.7. The summed E-state index contributed by atoms with van der Waals surface area (Å²) in [5.41, 5.74) is 9.50. The summed E-state index contributed by atoms with van der Waals surface area (Å²) in [6, 6.07) is 6.88. The van der Waals surface area contributed by atoms with Gasteiger partial charge in [-0.25, -0.2) is 9.80 Å². The van der Waals surface area contributed by atoms with Crippen molar-refractivity contribution < 1.29 is 14.3 Å². The van der Waals surface area contributed by atoms with Gasteiger partial charge in [-0.15, -0.1) is 0 Å². The van der Waals surface area contributed by atoms with E-state index in [0.29, 0.717) is 11.5 Å². The van der Waals surface area contributed by atoms with Gasteiger partial charge in [0.1, 0.15) is 0 Å². The quantitative estimate of drug-likeness (QED) is 0.928. The number of urea groups is 1. The molecule has 2 amide bonds. The summed E-state index contributed by atoms with van der Waals surface area (Å²) in [5.74, 6) is 1.37. The minimum absolute atomic E-state index is 0.0433. The summed E-state index contributed by atoms with van der Waals surface area (Å²) in [4.78, 5) is 16.0. The molecule has 2 aliphatic rings. The standard InChI is InChI=1S/C18H18N4O3/c1-24-14-8-11-7-13-16(12(11)9-15(14)25-2)21-22(18(19)23)17(13)10-3-5-20-6-4-10/h3-6,8-9,13,17H,7H2,1-2H3,(H2,19,23). The highest BCUT2D eigenvalue weighted by Crippen LogP contribution is 2.46. The van der Waals surface area contributed by atoms with Crippen LogP contribution in [0.1, 0.15) is 22.7 Å². The molecule has 1 aliphatic carbocycles. The Balaban J connectivity index is 1.81. The molecule has 2 atom stereocenters. The van der Waals surface area contributed by atoms with Crippen LogP contribution in [-0.2, 0) is 6.42 Å². The van der Waals surface area contributed by atoms with Crippen LogP contribution in [0.5, 0.6) is 11.5 Å². The van der Waals surface area contributed by atoms with Gasteiger partial charge in [0.15, 0.2) is 11.5 Å². The van der Waals surface area contributed by atoms with E-state index in [4.69, 9.17) is 15.2 Å². The number of carbonyl (C=O) groups excluding carboxylic acids is 1. The van der Waals surface area contributed by atoms with E-state index in [-0.39, 0.29) is 12.0 Å². The van der Waals surface area contributed by atoms with Crippen molar-refractivity contribution in [2.24, 2.45) is 16.8 Å². The summed E-state index contributed by atoms with van der Waals surface area (Å²) in [5, 5.41) is 5.91. The Morgan fingerprint density at radius 1 is 1.20 bits per heavy atom. The van der Waals surface area contributed by atoms with Crippen LogP contribution in [0.4, 0.5) is 4.79 Å². The smallest absolute Gasteiger partial charge is 0.335 e. The van der Waals surface area contributed by atoms with E-state index < -0.39 is 6.03 Å². The maximum Gasteiger partial charge on any atom is 0.335 e. The number of rotatable bonds is 3. The number of hydrazone groups is 1. The highest BCUT2D eigenvalue weighted by Gasteiger charge is 2.45. The SMILES string of the molecule is COc1cc2c(cc1OC)C1=NN(C(N)=O)C(c3ccncc3)C1C2. The number of nitrogens with zero attached hydrogens (tertiary/aromatic N) is 3. The van der Waals surface area contributed by atoms with Crippen LogP contribution in [0.25, 0.3) is 0 Å². The van der Waals surface area contributed by atoms with E-state index in [1.807, 2.05) is 24.3 Å². The van der Waals surface area contributed by atoms with Gasteiger partial charge in [0.2, 0.25) is 0 Å². The van der Waals surface area contributed by atoms with Crippen molar-refractivity contribution in [2.45, 2.75) is 12.5 Å². The fourth-order valence-electron chi connectivity index (χ4n) is 3.72. The molecular weight excluding hydrogens is 320 g/mol. The van der Waals surface area contributed by atoms with Crippen molar-refractivity contribution in [1.29, 1.82) is 0 Å². The Morgan fingerprint density at radius 3 is 2.52 bits per heavy atom. The van der Waals surface area contributed by atoms with Crippen LogP contribution >= 0.6 is 0 Å². The highest BCUT2D eigenvalue weighted by atomic mass is 16.5. The van der Waals surface area contributed by atoms with Crippen LogP contribution in [0.3, 0.4) is 0 Å². The van der Waals surface area contributed by atoms with E-state index in [0.717, 1.165) is 28.8 Å². The fraction of sp³-hybridized carbons (Fsp3) is 0.278. The number of carbonyl (C=O) groups is 1. The Bertz CT molecular complexity index is 866. The Kier molecular flexibility index (Phi) is 3.56. The number of amides is 2. The number of pyridine rings is 1. The Morgan fingerprint density at radius 2 is 1.88 bits per heavy atom. The van der Waals surface area contributed by atoms with Gasteiger partial charge < -0.3 is 15.2 Å². The molecule has 1 aromatic heterocycles. The molecule has 2 unspecified atom stereocenters. The molecule has 0 radical (unpaired) electrons. The molecule has 1 aliphatic heterocycles. The molecule has 4 rings (SSSR count). The molecule has 7 nitrogen and oxygen atoms in total. The molecular formula is C18H18N4O3. The van der Waals surface area contributed by atoms with Crippen LogP contribution in [-0.4, -0.2) is 36.0 Å². The Hall–Kier alpha value is -3.09. The fourth-order valence-corrected chi connectivity index (χ4v) is 3.72. The molecule has 7 heteroatoms. The van der Waals surface area contributed by atoms with Crippen molar-refractivity contribution in [2.75, 3.05) is 14.2 Å². The van der Waals surface area contributed by atoms with E-state index in [9.17, 15) is 4.79 Å². The predicted octanol–water partition coefficient (Wildman–Crippen LogP) is 2.11. The second kappa shape index (κ2) is 5.77. The first-order chi connectivity index (χ1) is 12.1. The largest absolute Gasteiger partial charge is 0.493 e. The number of ether oxygens (including phenoxy) is 2. The minimum Gasteiger partial charge on any atom is -0.493 e. The summed E-state index contributed by atoms with van der Waals surface area (Å²) in [7, 11) is 3.22. The first kappa shape index (κ1) is 15.4. The van der Waals surface area contributed by atoms with Crippen molar-refractivity contribution in [3.63, 3.8) is 0 Å². The van der Waals surface area contributed by atoms with Crippen LogP contribution in [0, 0.1) is 5.92 Å². The summed E-state index contributed by atoms with van der Waals surface area (Å²) in [6.45, 7) is 0. The monoisotopic (exact) mass is 338 g/mol. The maximum atomic E-state index is 11.9. The number of fused-ring (bicyclic) bond motifs is 3. The highest BCUT2D eigenvalue weighted by molar-refractivity contribution is 6.09. The van der Waals surface area contributed by atoms with Crippen molar-refractivity contribution in [3.8, 4) is 11.5 Å². The molecule has 2 aromatic rings. The molecule has 0 saturated carbocycles. The van der Waals surface area contributed by atoms with Crippen molar-refractivity contribution in [1.82, 2.24) is 9.99 Å². The zero-order chi connectivity index (χ0) is 17.6. The third kappa shape index (κ3) is 2.31.